The van der Waals surface area contributed by atoms with E-state index in [2.05, 4.69) is 17.9 Å². The minimum absolute atomic E-state index is 0.136. The van der Waals surface area contributed by atoms with Gasteiger partial charge in [0.1, 0.15) is 0 Å². The number of carboxylic acids is 1. The molecule has 1 fully saturated rings. The van der Waals surface area contributed by atoms with Crippen LogP contribution in [-0.2, 0) is 4.79 Å². The van der Waals surface area contributed by atoms with Crippen molar-refractivity contribution in [3.8, 4) is 0 Å². The van der Waals surface area contributed by atoms with E-state index in [4.69, 9.17) is 11.6 Å². The Labute approximate surface area is 131 Å². The molecule has 21 heavy (non-hydrogen) atoms. The summed E-state index contributed by atoms with van der Waals surface area (Å²) in [5.41, 5.74) is 0.557. The molecule has 0 radical (unpaired) electrons. The number of aliphatic carboxylic acids is 1. The van der Waals surface area contributed by atoms with E-state index < -0.39 is 11.4 Å². The van der Waals surface area contributed by atoms with Gasteiger partial charge in [-0.3, -0.25) is 9.69 Å². The van der Waals surface area contributed by atoms with Gasteiger partial charge in [-0.1, -0.05) is 44.5 Å². The molecule has 2 atom stereocenters. The van der Waals surface area contributed by atoms with Crippen molar-refractivity contribution in [2.24, 2.45) is 11.3 Å². The van der Waals surface area contributed by atoms with Crippen LogP contribution in [0.4, 0.5) is 0 Å². The second-order valence-electron chi connectivity index (χ2n) is 6.32. The summed E-state index contributed by atoms with van der Waals surface area (Å²) in [6.45, 7) is 7.61. The lowest BCUT2D eigenvalue weighted by Crippen LogP contribution is -2.40. The molecule has 3 nitrogen and oxygen atoms in total. The van der Waals surface area contributed by atoms with Gasteiger partial charge >= 0.3 is 5.97 Å². The van der Waals surface area contributed by atoms with Crippen LogP contribution in [0.25, 0.3) is 0 Å². The summed E-state index contributed by atoms with van der Waals surface area (Å²) in [6, 6.07) is 8.15. The van der Waals surface area contributed by atoms with Crippen LogP contribution in [0.2, 0.25) is 5.02 Å². The molecule has 0 aromatic heterocycles. The van der Waals surface area contributed by atoms with E-state index >= 15 is 0 Å². The summed E-state index contributed by atoms with van der Waals surface area (Å²) in [5.74, 6) is -0.530. The SMILES string of the molecule is CCC(c1cccc(Cl)c1)N1CCC(C(=O)O)(C(C)C)C1. The van der Waals surface area contributed by atoms with Gasteiger partial charge in [0, 0.05) is 17.6 Å². The first-order valence-corrected chi connectivity index (χ1v) is 8.01. The molecule has 4 heteroatoms. The Morgan fingerprint density at radius 3 is 2.67 bits per heavy atom. The molecule has 0 bridgehead atoms. The first-order valence-electron chi connectivity index (χ1n) is 7.63. The van der Waals surface area contributed by atoms with E-state index in [0.717, 1.165) is 24.4 Å². The van der Waals surface area contributed by atoms with Crippen molar-refractivity contribution >= 4 is 17.6 Å². The van der Waals surface area contributed by atoms with E-state index in [1.54, 1.807) is 0 Å². The highest BCUT2D eigenvalue weighted by atomic mass is 35.5. The average Bonchev–Trinajstić information content (AvgIpc) is 2.86. The smallest absolute Gasteiger partial charge is 0.311 e. The van der Waals surface area contributed by atoms with Crippen LogP contribution in [0.1, 0.15) is 45.2 Å². The summed E-state index contributed by atoms with van der Waals surface area (Å²) in [4.78, 5) is 14.1. The Morgan fingerprint density at radius 1 is 1.48 bits per heavy atom. The molecule has 1 heterocycles. The Balaban J connectivity index is 2.24. The van der Waals surface area contributed by atoms with Crippen molar-refractivity contribution in [3.05, 3.63) is 34.9 Å². The molecule has 2 rings (SSSR count). The van der Waals surface area contributed by atoms with Crippen LogP contribution in [0, 0.1) is 11.3 Å². The van der Waals surface area contributed by atoms with Crippen molar-refractivity contribution in [3.63, 3.8) is 0 Å². The average molecular weight is 310 g/mol. The maximum atomic E-state index is 11.8. The van der Waals surface area contributed by atoms with Crippen LogP contribution < -0.4 is 0 Å². The highest BCUT2D eigenvalue weighted by Crippen LogP contribution is 2.42. The Bertz CT molecular complexity index is 517. The summed E-state index contributed by atoms with van der Waals surface area (Å²) in [6.07, 6.45) is 1.67. The standard InChI is InChI=1S/C17H24ClNO2/c1-4-15(13-6-5-7-14(18)10-13)19-9-8-17(11-19,12(2)3)16(20)21/h5-7,10,12,15H,4,8-9,11H2,1-3H3,(H,20,21). The zero-order valence-corrected chi connectivity index (χ0v) is 13.7. The molecule has 0 aliphatic carbocycles. The Kier molecular flexibility index (Phi) is 4.95. The fourth-order valence-electron chi connectivity index (χ4n) is 3.44. The van der Waals surface area contributed by atoms with Gasteiger partial charge in [-0.25, -0.2) is 0 Å². The second kappa shape index (κ2) is 6.37. The van der Waals surface area contributed by atoms with Crippen LogP contribution in [0.3, 0.4) is 0 Å². The normalized spacial score (nSPS) is 24.4. The Morgan fingerprint density at radius 2 is 2.19 bits per heavy atom. The molecule has 1 aromatic rings. The maximum absolute atomic E-state index is 11.8. The monoisotopic (exact) mass is 309 g/mol. The molecule has 0 amide bonds. The molecule has 1 saturated heterocycles. The quantitative estimate of drug-likeness (QED) is 0.885. The lowest BCUT2D eigenvalue weighted by Gasteiger charge is -2.32. The molecule has 0 spiro atoms. The van der Waals surface area contributed by atoms with E-state index in [-0.39, 0.29) is 12.0 Å². The largest absolute Gasteiger partial charge is 0.481 e. The minimum Gasteiger partial charge on any atom is -0.481 e. The van der Waals surface area contributed by atoms with E-state index in [1.807, 2.05) is 32.0 Å². The van der Waals surface area contributed by atoms with Crippen molar-refractivity contribution in [1.29, 1.82) is 0 Å². The lowest BCUT2D eigenvalue weighted by atomic mass is 9.76. The van der Waals surface area contributed by atoms with Gasteiger partial charge in [-0.05, 0) is 43.0 Å². The fourth-order valence-corrected chi connectivity index (χ4v) is 3.64. The van der Waals surface area contributed by atoms with E-state index in [1.165, 1.54) is 5.56 Å². The molecule has 116 valence electrons. The third kappa shape index (κ3) is 3.09. The third-order valence-corrected chi connectivity index (χ3v) is 5.16. The highest BCUT2D eigenvalue weighted by Gasteiger charge is 2.48. The molecule has 2 unspecified atom stereocenters. The summed E-state index contributed by atoms with van der Waals surface area (Å²) < 4.78 is 0. The van der Waals surface area contributed by atoms with Crippen LogP contribution >= 0.6 is 11.6 Å². The van der Waals surface area contributed by atoms with Gasteiger partial charge in [0.15, 0.2) is 0 Å². The van der Waals surface area contributed by atoms with Gasteiger partial charge in [0.05, 0.1) is 5.41 Å². The number of carboxylic acid groups (broad SMARTS) is 1. The molecule has 1 aliphatic heterocycles. The molecule has 1 N–H and O–H groups in total. The topological polar surface area (TPSA) is 40.5 Å². The third-order valence-electron chi connectivity index (χ3n) is 4.92. The summed E-state index contributed by atoms with van der Waals surface area (Å²) in [7, 11) is 0. The Hall–Kier alpha value is -1.06. The second-order valence-corrected chi connectivity index (χ2v) is 6.75. The zero-order chi connectivity index (χ0) is 15.6. The van der Waals surface area contributed by atoms with E-state index in [9.17, 15) is 9.90 Å². The molecule has 0 saturated carbocycles. The van der Waals surface area contributed by atoms with Crippen molar-refractivity contribution in [1.82, 2.24) is 4.90 Å². The predicted octanol–water partition coefficient (Wildman–Crippen LogP) is 4.22. The van der Waals surface area contributed by atoms with Crippen LogP contribution in [0.5, 0.6) is 0 Å². The van der Waals surface area contributed by atoms with Gasteiger partial charge in [0.2, 0.25) is 0 Å². The maximum Gasteiger partial charge on any atom is 0.311 e. The number of carbonyl (C=O) groups is 1. The number of hydrogen-bond donors (Lipinski definition) is 1. The highest BCUT2D eigenvalue weighted by molar-refractivity contribution is 6.30. The van der Waals surface area contributed by atoms with Gasteiger partial charge in [-0.2, -0.15) is 0 Å². The van der Waals surface area contributed by atoms with Gasteiger partial charge < -0.3 is 5.11 Å². The van der Waals surface area contributed by atoms with E-state index in [0.29, 0.717) is 6.54 Å². The summed E-state index contributed by atoms with van der Waals surface area (Å²) >= 11 is 6.10. The first-order chi connectivity index (χ1) is 9.90. The number of nitrogens with zero attached hydrogens (tertiary/aromatic N) is 1. The number of likely N-dealkylation sites (tertiary alicyclic amines) is 1. The van der Waals surface area contributed by atoms with Crippen LogP contribution in [0.15, 0.2) is 24.3 Å². The summed E-state index contributed by atoms with van der Waals surface area (Å²) in [5, 5.41) is 10.4. The van der Waals surface area contributed by atoms with Crippen molar-refractivity contribution in [2.45, 2.75) is 39.7 Å². The van der Waals surface area contributed by atoms with Gasteiger partial charge in [0.25, 0.3) is 0 Å². The predicted molar refractivity (Wildman–Crippen MR) is 85.6 cm³/mol. The molecule has 1 aromatic carbocycles. The molecule has 1 aliphatic rings. The van der Waals surface area contributed by atoms with Crippen molar-refractivity contribution < 1.29 is 9.90 Å². The fraction of sp³-hybridized carbons (Fsp3) is 0.588. The number of hydrogen-bond acceptors (Lipinski definition) is 2. The zero-order valence-electron chi connectivity index (χ0n) is 13.0. The number of benzene rings is 1. The molecular weight excluding hydrogens is 286 g/mol. The lowest BCUT2D eigenvalue weighted by molar-refractivity contribution is -0.151. The van der Waals surface area contributed by atoms with Crippen molar-refractivity contribution in [2.75, 3.05) is 13.1 Å². The first kappa shape index (κ1) is 16.3. The number of rotatable bonds is 5. The molecular formula is C17H24ClNO2. The van der Waals surface area contributed by atoms with Crippen LogP contribution in [-0.4, -0.2) is 29.1 Å². The number of halogens is 1. The minimum atomic E-state index is -0.666. The van der Waals surface area contributed by atoms with Gasteiger partial charge in [-0.15, -0.1) is 0 Å².